The standard InChI is InChI=1S/C11H18ClN3/c1-7-11(12)10(15(2)14-7)6-5-9(13)8-3-4-8/h8-9H,3-6,13H2,1-2H3. The van der Waals surface area contributed by atoms with E-state index in [-0.39, 0.29) is 0 Å². The summed E-state index contributed by atoms with van der Waals surface area (Å²) in [6.07, 6.45) is 4.57. The van der Waals surface area contributed by atoms with Crippen molar-refractivity contribution in [2.24, 2.45) is 18.7 Å². The summed E-state index contributed by atoms with van der Waals surface area (Å²) in [5, 5.41) is 5.10. The number of aromatic nitrogens is 2. The first-order valence-corrected chi connectivity index (χ1v) is 5.91. The molecule has 1 unspecified atom stereocenters. The van der Waals surface area contributed by atoms with Crippen LogP contribution in [0.3, 0.4) is 0 Å². The Morgan fingerprint density at radius 3 is 2.73 bits per heavy atom. The lowest BCUT2D eigenvalue weighted by molar-refractivity contribution is 0.537. The van der Waals surface area contributed by atoms with Gasteiger partial charge >= 0.3 is 0 Å². The largest absolute Gasteiger partial charge is 0.327 e. The zero-order chi connectivity index (χ0) is 11.0. The Balaban J connectivity index is 1.97. The third-order valence-electron chi connectivity index (χ3n) is 3.20. The van der Waals surface area contributed by atoms with E-state index in [1.54, 1.807) is 0 Å². The molecular weight excluding hydrogens is 210 g/mol. The fraction of sp³-hybridized carbons (Fsp3) is 0.727. The van der Waals surface area contributed by atoms with Gasteiger partial charge in [0.1, 0.15) is 0 Å². The molecule has 1 aromatic heterocycles. The summed E-state index contributed by atoms with van der Waals surface area (Å²) >= 11 is 6.17. The minimum absolute atomic E-state index is 0.344. The Labute approximate surface area is 95.6 Å². The highest BCUT2D eigenvalue weighted by Gasteiger charge is 2.28. The SMILES string of the molecule is Cc1nn(C)c(CCC(N)C2CC2)c1Cl. The zero-order valence-electron chi connectivity index (χ0n) is 9.33. The molecule has 2 N–H and O–H groups in total. The van der Waals surface area contributed by atoms with Crippen LogP contribution < -0.4 is 5.73 Å². The number of nitrogens with zero attached hydrogens (tertiary/aromatic N) is 2. The lowest BCUT2D eigenvalue weighted by Gasteiger charge is -2.10. The van der Waals surface area contributed by atoms with Gasteiger partial charge < -0.3 is 5.73 Å². The van der Waals surface area contributed by atoms with Crippen LogP contribution in [-0.2, 0) is 13.5 Å². The van der Waals surface area contributed by atoms with Crippen LogP contribution in [0, 0.1) is 12.8 Å². The summed E-state index contributed by atoms with van der Waals surface area (Å²) < 4.78 is 1.87. The van der Waals surface area contributed by atoms with Crippen molar-refractivity contribution < 1.29 is 0 Å². The molecule has 1 heterocycles. The van der Waals surface area contributed by atoms with E-state index in [4.69, 9.17) is 17.3 Å². The summed E-state index contributed by atoms with van der Waals surface area (Å²) in [4.78, 5) is 0. The molecule has 0 spiro atoms. The monoisotopic (exact) mass is 227 g/mol. The van der Waals surface area contributed by atoms with Crippen LogP contribution >= 0.6 is 11.6 Å². The second-order valence-corrected chi connectivity index (χ2v) is 4.89. The summed E-state index contributed by atoms with van der Waals surface area (Å²) in [7, 11) is 1.94. The molecule has 0 aliphatic heterocycles. The molecule has 3 nitrogen and oxygen atoms in total. The molecular formula is C11H18ClN3. The number of aryl methyl sites for hydroxylation is 2. The van der Waals surface area contributed by atoms with Crippen molar-refractivity contribution in [2.75, 3.05) is 0 Å². The van der Waals surface area contributed by atoms with Crippen LogP contribution in [0.15, 0.2) is 0 Å². The summed E-state index contributed by atoms with van der Waals surface area (Å²) in [6.45, 7) is 1.94. The van der Waals surface area contributed by atoms with Crippen LogP contribution in [0.5, 0.6) is 0 Å². The van der Waals surface area contributed by atoms with E-state index < -0.39 is 0 Å². The minimum Gasteiger partial charge on any atom is -0.327 e. The van der Waals surface area contributed by atoms with E-state index in [9.17, 15) is 0 Å². The van der Waals surface area contributed by atoms with Gasteiger partial charge in [0.15, 0.2) is 0 Å². The Morgan fingerprint density at radius 2 is 2.27 bits per heavy atom. The van der Waals surface area contributed by atoms with Gasteiger partial charge in [0.25, 0.3) is 0 Å². The van der Waals surface area contributed by atoms with Gasteiger partial charge in [0.05, 0.1) is 16.4 Å². The lowest BCUT2D eigenvalue weighted by Crippen LogP contribution is -2.23. The normalized spacial score (nSPS) is 18.1. The Kier molecular flexibility index (Phi) is 3.03. The van der Waals surface area contributed by atoms with Crippen molar-refractivity contribution in [2.45, 2.75) is 38.6 Å². The molecule has 84 valence electrons. The maximum Gasteiger partial charge on any atom is 0.0846 e. The quantitative estimate of drug-likeness (QED) is 0.856. The number of rotatable bonds is 4. The molecule has 0 bridgehead atoms. The first-order chi connectivity index (χ1) is 7.09. The van der Waals surface area contributed by atoms with Gasteiger partial charge in [-0.15, -0.1) is 0 Å². The molecule has 1 saturated carbocycles. The average Bonchev–Trinajstić information content (AvgIpc) is 2.96. The molecule has 15 heavy (non-hydrogen) atoms. The Bertz CT molecular complexity index is 355. The van der Waals surface area contributed by atoms with Crippen LogP contribution in [0.2, 0.25) is 5.02 Å². The van der Waals surface area contributed by atoms with Crippen molar-refractivity contribution in [3.63, 3.8) is 0 Å². The number of halogens is 1. The van der Waals surface area contributed by atoms with Crippen LogP contribution in [0.1, 0.15) is 30.7 Å². The highest BCUT2D eigenvalue weighted by atomic mass is 35.5. The predicted molar refractivity (Wildman–Crippen MR) is 62.0 cm³/mol. The van der Waals surface area contributed by atoms with Crippen LogP contribution in [0.25, 0.3) is 0 Å². The molecule has 1 aromatic rings. The van der Waals surface area contributed by atoms with Gasteiger partial charge in [-0.05, 0) is 38.5 Å². The van der Waals surface area contributed by atoms with Gasteiger partial charge in [-0.2, -0.15) is 5.10 Å². The molecule has 0 radical (unpaired) electrons. The summed E-state index contributed by atoms with van der Waals surface area (Å²) in [6, 6.07) is 0.344. The molecule has 1 aliphatic rings. The van der Waals surface area contributed by atoms with E-state index >= 15 is 0 Å². The van der Waals surface area contributed by atoms with Crippen molar-refractivity contribution in [1.29, 1.82) is 0 Å². The highest BCUT2D eigenvalue weighted by molar-refractivity contribution is 6.31. The second-order valence-electron chi connectivity index (χ2n) is 4.51. The molecule has 0 amide bonds. The average molecular weight is 228 g/mol. The maximum atomic E-state index is 6.17. The molecule has 0 saturated heterocycles. The number of nitrogens with two attached hydrogens (primary N) is 1. The molecule has 4 heteroatoms. The molecule has 1 fully saturated rings. The van der Waals surface area contributed by atoms with Crippen LogP contribution in [-0.4, -0.2) is 15.8 Å². The van der Waals surface area contributed by atoms with Gasteiger partial charge in [0.2, 0.25) is 0 Å². The maximum absolute atomic E-state index is 6.17. The number of hydrogen-bond donors (Lipinski definition) is 1. The topological polar surface area (TPSA) is 43.8 Å². The van der Waals surface area contributed by atoms with Crippen molar-refractivity contribution >= 4 is 11.6 Å². The van der Waals surface area contributed by atoms with Crippen molar-refractivity contribution in [3.05, 3.63) is 16.4 Å². The summed E-state index contributed by atoms with van der Waals surface area (Å²) in [5.74, 6) is 0.762. The number of hydrogen-bond acceptors (Lipinski definition) is 2. The van der Waals surface area contributed by atoms with Crippen molar-refractivity contribution in [3.8, 4) is 0 Å². The fourth-order valence-electron chi connectivity index (χ4n) is 2.02. The summed E-state index contributed by atoms with van der Waals surface area (Å²) in [5.41, 5.74) is 8.09. The van der Waals surface area contributed by atoms with Gasteiger partial charge in [0, 0.05) is 13.1 Å². The van der Waals surface area contributed by atoms with E-state index in [0.29, 0.717) is 6.04 Å². The van der Waals surface area contributed by atoms with E-state index in [0.717, 1.165) is 35.2 Å². The zero-order valence-corrected chi connectivity index (χ0v) is 10.1. The lowest BCUT2D eigenvalue weighted by atomic mass is 10.1. The first kappa shape index (κ1) is 11.0. The highest BCUT2D eigenvalue weighted by Crippen LogP contribution is 2.33. The molecule has 1 atom stereocenters. The minimum atomic E-state index is 0.344. The van der Waals surface area contributed by atoms with E-state index in [1.807, 2.05) is 18.7 Å². The molecule has 0 aromatic carbocycles. The van der Waals surface area contributed by atoms with Gasteiger partial charge in [-0.25, -0.2) is 0 Å². The first-order valence-electron chi connectivity index (χ1n) is 5.53. The third-order valence-corrected chi connectivity index (χ3v) is 3.70. The van der Waals surface area contributed by atoms with Gasteiger partial charge in [-0.1, -0.05) is 11.6 Å². The Hall–Kier alpha value is -0.540. The van der Waals surface area contributed by atoms with Gasteiger partial charge in [-0.3, -0.25) is 4.68 Å². The smallest absolute Gasteiger partial charge is 0.0846 e. The Morgan fingerprint density at radius 1 is 1.60 bits per heavy atom. The second kappa shape index (κ2) is 4.14. The van der Waals surface area contributed by atoms with E-state index in [1.165, 1.54) is 12.8 Å². The predicted octanol–water partition coefficient (Wildman–Crippen LogP) is 2.05. The van der Waals surface area contributed by atoms with E-state index in [2.05, 4.69) is 5.10 Å². The molecule has 2 rings (SSSR count). The molecule has 1 aliphatic carbocycles. The fourth-order valence-corrected chi connectivity index (χ4v) is 2.27. The van der Waals surface area contributed by atoms with Crippen LogP contribution in [0.4, 0.5) is 0 Å². The van der Waals surface area contributed by atoms with Crippen molar-refractivity contribution in [1.82, 2.24) is 9.78 Å². The third kappa shape index (κ3) is 2.34.